The summed E-state index contributed by atoms with van der Waals surface area (Å²) >= 11 is 5.75. The van der Waals surface area contributed by atoms with Crippen LogP contribution < -0.4 is 10.2 Å². The molecule has 2 aromatic carbocycles. The molecule has 4 nitrogen and oxygen atoms in total. The molecule has 0 aliphatic carbocycles. The number of amides is 1. The van der Waals surface area contributed by atoms with Crippen LogP contribution in [-0.2, 0) is 4.79 Å². The van der Waals surface area contributed by atoms with Gasteiger partial charge in [0.2, 0.25) is 0 Å². The lowest BCUT2D eigenvalue weighted by molar-refractivity contribution is -0.123. The van der Waals surface area contributed by atoms with Gasteiger partial charge in [0.25, 0.3) is 5.91 Å². The fourth-order valence-electron chi connectivity index (χ4n) is 1.44. The molecule has 1 amide bonds. The topological polar surface area (TPSA) is 50.7 Å². The number of ether oxygens (including phenoxy) is 1. The van der Waals surface area contributed by atoms with Crippen molar-refractivity contribution in [2.75, 3.05) is 6.61 Å². The van der Waals surface area contributed by atoms with E-state index in [1.807, 2.05) is 0 Å². The van der Waals surface area contributed by atoms with Crippen molar-refractivity contribution in [2.45, 2.75) is 0 Å². The Hall–Kier alpha value is -2.40. The van der Waals surface area contributed by atoms with Gasteiger partial charge in [-0.3, -0.25) is 4.79 Å². The lowest BCUT2D eigenvalue weighted by atomic mass is 10.2. The molecule has 0 unspecified atom stereocenters. The van der Waals surface area contributed by atoms with Crippen molar-refractivity contribution in [1.82, 2.24) is 5.43 Å². The fourth-order valence-corrected chi connectivity index (χ4v) is 1.57. The minimum atomic E-state index is -0.412. The van der Waals surface area contributed by atoms with Crippen molar-refractivity contribution in [1.29, 1.82) is 0 Å². The van der Waals surface area contributed by atoms with E-state index in [4.69, 9.17) is 16.3 Å². The van der Waals surface area contributed by atoms with E-state index in [9.17, 15) is 9.18 Å². The number of carbonyl (C=O) groups is 1. The molecular formula is C15H12ClFN2O2. The summed E-state index contributed by atoms with van der Waals surface area (Å²) in [6.45, 7) is -0.205. The summed E-state index contributed by atoms with van der Waals surface area (Å²) in [4.78, 5) is 11.5. The van der Waals surface area contributed by atoms with Crippen LogP contribution >= 0.6 is 11.6 Å². The highest BCUT2D eigenvalue weighted by atomic mass is 35.5. The van der Waals surface area contributed by atoms with Gasteiger partial charge < -0.3 is 4.74 Å². The van der Waals surface area contributed by atoms with Gasteiger partial charge >= 0.3 is 0 Å². The van der Waals surface area contributed by atoms with Gasteiger partial charge in [0.05, 0.1) is 6.21 Å². The molecule has 6 heteroatoms. The Labute approximate surface area is 126 Å². The molecule has 0 bridgehead atoms. The highest BCUT2D eigenvalue weighted by Crippen LogP contribution is 2.10. The Balaban J connectivity index is 1.77. The second-order valence-corrected chi connectivity index (χ2v) is 4.52. The number of halogens is 2. The van der Waals surface area contributed by atoms with Crippen molar-refractivity contribution in [3.63, 3.8) is 0 Å². The van der Waals surface area contributed by atoms with Gasteiger partial charge in [-0.25, -0.2) is 9.82 Å². The van der Waals surface area contributed by atoms with Crippen molar-refractivity contribution < 1.29 is 13.9 Å². The summed E-state index contributed by atoms with van der Waals surface area (Å²) in [6, 6.07) is 12.4. The first kappa shape index (κ1) is 15.0. The molecule has 0 spiro atoms. The van der Waals surface area contributed by atoms with Crippen LogP contribution in [0.3, 0.4) is 0 Å². The van der Waals surface area contributed by atoms with Crippen molar-refractivity contribution in [3.8, 4) is 5.75 Å². The minimum Gasteiger partial charge on any atom is -0.484 e. The molecule has 0 saturated carbocycles. The van der Waals surface area contributed by atoms with E-state index in [1.54, 1.807) is 24.3 Å². The van der Waals surface area contributed by atoms with Gasteiger partial charge in [-0.15, -0.1) is 0 Å². The van der Waals surface area contributed by atoms with Crippen LogP contribution in [0.5, 0.6) is 5.75 Å². The lowest BCUT2D eigenvalue weighted by Crippen LogP contribution is -2.24. The molecule has 0 aliphatic heterocycles. The fraction of sp³-hybridized carbons (Fsp3) is 0.0667. The van der Waals surface area contributed by atoms with Crippen LogP contribution in [0.25, 0.3) is 0 Å². The van der Waals surface area contributed by atoms with Crippen molar-refractivity contribution in [2.24, 2.45) is 5.10 Å². The van der Waals surface area contributed by atoms with Gasteiger partial charge in [0.15, 0.2) is 6.61 Å². The predicted molar refractivity (Wildman–Crippen MR) is 79.1 cm³/mol. The summed E-state index contributed by atoms with van der Waals surface area (Å²) in [5.74, 6) is -0.364. The van der Waals surface area contributed by atoms with Gasteiger partial charge in [-0.1, -0.05) is 23.7 Å². The second-order valence-electron chi connectivity index (χ2n) is 4.09. The van der Waals surface area contributed by atoms with Crippen LogP contribution in [0.15, 0.2) is 53.6 Å². The number of hydrogen-bond donors (Lipinski definition) is 1. The number of carbonyl (C=O) groups excluding carboxylic acids is 1. The van der Waals surface area contributed by atoms with Crippen molar-refractivity contribution in [3.05, 3.63) is 64.9 Å². The molecule has 21 heavy (non-hydrogen) atoms. The first-order chi connectivity index (χ1) is 10.1. The van der Waals surface area contributed by atoms with Crippen LogP contribution in [0.2, 0.25) is 5.02 Å². The van der Waals surface area contributed by atoms with E-state index in [2.05, 4.69) is 10.5 Å². The number of nitrogens with one attached hydrogen (secondary N) is 1. The molecule has 2 rings (SSSR count). The molecule has 0 fully saturated rings. The normalized spacial score (nSPS) is 10.6. The van der Waals surface area contributed by atoms with Crippen LogP contribution in [-0.4, -0.2) is 18.7 Å². The third-order valence-electron chi connectivity index (χ3n) is 2.46. The maximum atomic E-state index is 12.7. The number of nitrogens with zero attached hydrogens (tertiary/aromatic N) is 1. The van der Waals surface area contributed by atoms with Gasteiger partial charge in [0, 0.05) is 5.02 Å². The van der Waals surface area contributed by atoms with E-state index >= 15 is 0 Å². The highest BCUT2D eigenvalue weighted by molar-refractivity contribution is 6.30. The third-order valence-corrected chi connectivity index (χ3v) is 2.71. The van der Waals surface area contributed by atoms with Crippen LogP contribution in [0.1, 0.15) is 5.56 Å². The molecule has 0 heterocycles. The van der Waals surface area contributed by atoms with E-state index in [0.29, 0.717) is 10.8 Å². The first-order valence-corrected chi connectivity index (χ1v) is 6.47. The van der Waals surface area contributed by atoms with Crippen LogP contribution in [0, 0.1) is 5.82 Å². The Kier molecular flexibility index (Phi) is 5.29. The number of hydrazone groups is 1. The van der Waals surface area contributed by atoms with E-state index < -0.39 is 5.91 Å². The van der Waals surface area contributed by atoms with Crippen molar-refractivity contribution >= 4 is 23.7 Å². The quantitative estimate of drug-likeness (QED) is 0.682. The van der Waals surface area contributed by atoms with Gasteiger partial charge in [0.1, 0.15) is 11.6 Å². The SMILES string of the molecule is O=C(COc1ccc(F)cc1)NN=Cc1ccc(Cl)cc1. The van der Waals surface area contributed by atoms with Gasteiger partial charge in [-0.05, 0) is 42.0 Å². The van der Waals surface area contributed by atoms with E-state index in [-0.39, 0.29) is 12.4 Å². The summed E-state index contributed by atoms with van der Waals surface area (Å²) in [6.07, 6.45) is 1.49. The molecule has 108 valence electrons. The second kappa shape index (κ2) is 7.40. The van der Waals surface area contributed by atoms with E-state index in [1.165, 1.54) is 30.5 Å². The largest absolute Gasteiger partial charge is 0.484 e. The Morgan fingerprint density at radius 3 is 2.52 bits per heavy atom. The summed E-state index contributed by atoms with van der Waals surface area (Å²) in [5, 5.41) is 4.42. The van der Waals surface area contributed by atoms with Gasteiger partial charge in [-0.2, -0.15) is 5.10 Å². The first-order valence-electron chi connectivity index (χ1n) is 6.09. The molecule has 0 saturated heterocycles. The maximum absolute atomic E-state index is 12.7. The Bertz CT molecular complexity index is 627. The highest BCUT2D eigenvalue weighted by Gasteiger charge is 2.01. The predicted octanol–water partition coefficient (Wildman–Crippen LogP) is 3.01. The molecule has 1 N–H and O–H groups in total. The Morgan fingerprint density at radius 2 is 1.86 bits per heavy atom. The summed E-state index contributed by atoms with van der Waals surface area (Å²) in [7, 11) is 0. The molecular weight excluding hydrogens is 295 g/mol. The number of hydrogen-bond acceptors (Lipinski definition) is 3. The summed E-state index contributed by atoms with van der Waals surface area (Å²) in [5.41, 5.74) is 3.13. The molecule has 2 aromatic rings. The third kappa shape index (κ3) is 5.24. The average Bonchev–Trinajstić information content (AvgIpc) is 2.49. The molecule has 0 aromatic heterocycles. The monoisotopic (exact) mass is 306 g/mol. The molecule has 0 radical (unpaired) electrons. The van der Waals surface area contributed by atoms with Crippen LogP contribution in [0.4, 0.5) is 4.39 Å². The summed E-state index contributed by atoms with van der Waals surface area (Å²) < 4.78 is 17.8. The molecule has 0 atom stereocenters. The molecule has 0 aliphatic rings. The number of benzene rings is 2. The number of rotatable bonds is 5. The minimum absolute atomic E-state index is 0.205. The average molecular weight is 307 g/mol. The standard InChI is InChI=1S/C15H12ClFN2O2/c16-12-3-1-11(2-4-12)9-18-19-15(20)10-21-14-7-5-13(17)6-8-14/h1-9H,10H2,(H,19,20). The zero-order chi connectivity index (χ0) is 15.1. The maximum Gasteiger partial charge on any atom is 0.277 e. The zero-order valence-corrected chi connectivity index (χ0v) is 11.7. The smallest absolute Gasteiger partial charge is 0.277 e. The van der Waals surface area contributed by atoms with E-state index in [0.717, 1.165) is 5.56 Å². The zero-order valence-electron chi connectivity index (χ0n) is 10.9. The lowest BCUT2D eigenvalue weighted by Gasteiger charge is -2.04. The Morgan fingerprint density at radius 1 is 1.19 bits per heavy atom.